The van der Waals surface area contributed by atoms with E-state index in [1.54, 1.807) is 6.92 Å². The predicted octanol–water partition coefficient (Wildman–Crippen LogP) is 4.00. The minimum atomic E-state index is -4.49. The molecule has 7 heteroatoms. The Bertz CT molecular complexity index is 768. The zero-order chi connectivity index (χ0) is 22.3. The Labute approximate surface area is 185 Å². The van der Waals surface area contributed by atoms with Crippen LogP contribution in [-0.4, -0.2) is 46.5 Å². The van der Waals surface area contributed by atoms with Gasteiger partial charge in [-0.05, 0) is 73.6 Å². The van der Waals surface area contributed by atoms with Crippen molar-refractivity contribution in [2.45, 2.75) is 107 Å². The molecule has 0 saturated heterocycles. The average molecular weight is 459 g/mol. The molecule has 4 fully saturated rings. The minimum Gasteiger partial charge on any atom is -0.747 e. The fourth-order valence-corrected chi connectivity index (χ4v) is 10.4. The lowest BCUT2D eigenvalue weighted by Crippen LogP contribution is -2.39. The van der Waals surface area contributed by atoms with E-state index in [4.69, 9.17) is 0 Å². The van der Waals surface area contributed by atoms with Crippen LogP contribution in [-0.2, 0) is 30.6 Å². The summed E-state index contributed by atoms with van der Waals surface area (Å²) in [6.45, 7) is 5.59. The molecular formula is C23H38O5S2. The molecule has 5 atom stereocenters. The second kappa shape index (κ2) is 8.86. The Morgan fingerprint density at radius 3 is 2.00 bits per heavy atom. The van der Waals surface area contributed by atoms with Gasteiger partial charge in [-0.1, -0.05) is 27.2 Å². The molecule has 0 aliphatic heterocycles. The Hall–Kier alpha value is -0.400. The fraction of sp³-hybridized carbons (Fsp3) is 0.913. The molecule has 4 aliphatic carbocycles. The van der Waals surface area contributed by atoms with Crippen molar-refractivity contribution in [2.75, 3.05) is 6.26 Å². The first-order chi connectivity index (χ1) is 13.9. The van der Waals surface area contributed by atoms with Crippen LogP contribution in [0, 0.1) is 16.7 Å². The second-order valence-corrected chi connectivity index (χ2v) is 14.5. The number of hydrogen-bond donors (Lipinski definition) is 0. The number of Topliss-reactive ketones (excluding diaryl/α,β-unsaturated/α-hetero) is 2. The third kappa shape index (κ3) is 4.27. The molecule has 4 aliphatic rings. The molecule has 0 aromatic carbocycles. The van der Waals surface area contributed by atoms with Crippen molar-refractivity contribution in [3.05, 3.63) is 0 Å². The number of hydrogen-bond acceptors (Lipinski definition) is 5. The maximum atomic E-state index is 12.0. The van der Waals surface area contributed by atoms with Gasteiger partial charge in [-0.15, -0.1) is 0 Å². The minimum absolute atomic E-state index is 0.294. The fourth-order valence-electron chi connectivity index (χ4n) is 6.35. The first-order valence-electron chi connectivity index (χ1n) is 11.6. The number of ketones is 2. The van der Waals surface area contributed by atoms with Gasteiger partial charge in [-0.3, -0.25) is 9.59 Å². The molecule has 0 N–H and O–H groups in total. The summed E-state index contributed by atoms with van der Waals surface area (Å²) >= 11 is 0. The molecule has 0 aromatic heterocycles. The maximum absolute atomic E-state index is 12.0. The largest absolute Gasteiger partial charge is 0.747 e. The van der Waals surface area contributed by atoms with Crippen LogP contribution in [0.25, 0.3) is 0 Å². The highest BCUT2D eigenvalue weighted by Crippen LogP contribution is 2.64. The van der Waals surface area contributed by atoms with E-state index in [0.29, 0.717) is 34.8 Å². The zero-order valence-electron chi connectivity index (χ0n) is 18.9. The summed E-state index contributed by atoms with van der Waals surface area (Å²) in [6.07, 6.45) is 15.3. The number of carbonyl (C=O) groups excluding carboxylic acids is 2. The molecule has 5 unspecified atom stereocenters. The summed E-state index contributed by atoms with van der Waals surface area (Å²) < 4.78 is 33.3. The van der Waals surface area contributed by atoms with Gasteiger partial charge < -0.3 is 4.55 Å². The molecule has 0 spiro atoms. The van der Waals surface area contributed by atoms with Crippen LogP contribution in [0.2, 0.25) is 0 Å². The Morgan fingerprint density at radius 1 is 0.933 bits per heavy atom. The number of fused-ring (bicyclic) bond motifs is 2. The van der Waals surface area contributed by atoms with Crippen LogP contribution in [0.15, 0.2) is 0 Å². The van der Waals surface area contributed by atoms with E-state index in [-0.39, 0.29) is 17.1 Å². The maximum Gasteiger partial charge on any atom is 0.184 e. The van der Waals surface area contributed by atoms with Gasteiger partial charge in [0.25, 0.3) is 0 Å². The molecule has 0 amide bonds. The topological polar surface area (TPSA) is 91.3 Å². The quantitative estimate of drug-likeness (QED) is 0.471. The van der Waals surface area contributed by atoms with Crippen LogP contribution < -0.4 is 0 Å². The van der Waals surface area contributed by atoms with Crippen molar-refractivity contribution < 1.29 is 22.6 Å². The van der Waals surface area contributed by atoms with Gasteiger partial charge >= 0.3 is 0 Å². The SMILES string of the molecule is CC12CCC(C(S(=O)(=O)[O-])C1=O)C2(C)C.C[S+](C1CCCCC1)C1CCCCC1=O. The van der Waals surface area contributed by atoms with E-state index in [1.165, 1.54) is 44.9 Å². The summed E-state index contributed by atoms with van der Waals surface area (Å²) in [5.41, 5.74) is -0.994. The highest BCUT2D eigenvalue weighted by atomic mass is 32.2. The van der Waals surface area contributed by atoms with Gasteiger partial charge in [0.05, 0.1) is 6.26 Å². The Kier molecular flexibility index (Phi) is 7.16. The van der Waals surface area contributed by atoms with Gasteiger partial charge in [-0.2, -0.15) is 0 Å². The molecule has 2 bridgehead atoms. The number of rotatable bonds is 3. The summed E-state index contributed by atoms with van der Waals surface area (Å²) in [5.74, 6) is -0.0751. The monoisotopic (exact) mass is 458 g/mol. The summed E-state index contributed by atoms with van der Waals surface area (Å²) in [6, 6.07) is 0. The van der Waals surface area contributed by atoms with Crippen LogP contribution in [0.1, 0.15) is 91.4 Å². The molecule has 0 aromatic rings. The Balaban J connectivity index is 0.000000171. The summed E-state index contributed by atoms with van der Waals surface area (Å²) in [4.78, 5) is 23.9. The van der Waals surface area contributed by atoms with Crippen LogP contribution in [0.4, 0.5) is 0 Å². The highest BCUT2D eigenvalue weighted by molar-refractivity contribution is 7.98. The van der Waals surface area contributed by atoms with Crippen molar-refractivity contribution in [3.8, 4) is 0 Å². The van der Waals surface area contributed by atoms with Crippen LogP contribution >= 0.6 is 0 Å². The average Bonchev–Trinajstić information content (AvgIpc) is 3.00. The third-order valence-electron chi connectivity index (χ3n) is 8.81. The lowest BCUT2D eigenvalue weighted by Gasteiger charge is -2.32. The van der Waals surface area contributed by atoms with Crippen molar-refractivity contribution in [1.29, 1.82) is 0 Å². The van der Waals surface area contributed by atoms with Crippen LogP contribution in [0.3, 0.4) is 0 Å². The molecule has 0 radical (unpaired) electrons. The normalized spacial score (nSPS) is 37.6. The van der Waals surface area contributed by atoms with E-state index in [2.05, 4.69) is 6.26 Å². The lowest BCUT2D eigenvalue weighted by molar-refractivity contribution is -0.128. The van der Waals surface area contributed by atoms with Crippen molar-refractivity contribution in [2.24, 2.45) is 16.7 Å². The van der Waals surface area contributed by atoms with Gasteiger partial charge in [0, 0.05) is 18.3 Å². The van der Waals surface area contributed by atoms with Crippen molar-refractivity contribution in [3.63, 3.8) is 0 Å². The molecule has 0 heterocycles. The number of carbonyl (C=O) groups is 2. The lowest BCUT2D eigenvalue weighted by atomic mass is 9.70. The smallest absolute Gasteiger partial charge is 0.184 e. The summed E-state index contributed by atoms with van der Waals surface area (Å²) in [5, 5.41) is 0.0268. The van der Waals surface area contributed by atoms with Gasteiger partial charge in [0.2, 0.25) is 0 Å². The second-order valence-electron chi connectivity index (χ2n) is 10.5. The van der Waals surface area contributed by atoms with Gasteiger partial charge in [0.15, 0.2) is 16.8 Å². The zero-order valence-corrected chi connectivity index (χ0v) is 20.6. The van der Waals surface area contributed by atoms with E-state index in [1.807, 2.05) is 13.8 Å². The molecule has 30 heavy (non-hydrogen) atoms. The van der Waals surface area contributed by atoms with Crippen LogP contribution in [0.5, 0.6) is 0 Å². The highest BCUT2D eigenvalue weighted by Gasteiger charge is 2.67. The standard InChI is InChI=1S/C13H23OS.C10H16O4S/c1-15(11-7-3-2-4-8-11)13-10-6-5-9-12(13)14;1-9(2)6-4-5-10(9,3)8(11)7(6)15(12,13)14/h11,13H,2-10H2,1H3;6-7H,4-5H2,1-3H3,(H,12,13,14)/q+1;/p-1. The molecular weight excluding hydrogens is 420 g/mol. The van der Waals surface area contributed by atoms with Gasteiger partial charge in [0.1, 0.15) is 20.6 Å². The van der Waals surface area contributed by atoms with E-state index in [0.717, 1.165) is 18.1 Å². The molecule has 172 valence electrons. The van der Waals surface area contributed by atoms with E-state index < -0.39 is 20.8 Å². The van der Waals surface area contributed by atoms with Crippen molar-refractivity contribution in [1.82, 2.24) is 0 Å². The Morgan fingerprint density at radius 2 is 1.53 bits per heavy atom. The predicted molar refractivity (Wildman–Crippen MR) is 121 cm³/mol. The van der Waals surface area contributed by atoms with E-state index >= 15 is 0 Å². The first-order valence-corrected chi connectivity index (χ1v) is 14.8. The van der Waals surface area contributed by atoms with Gasteiger partial charge in [-0.25, -0.2) is 8.42 Å². The van der Waals surface area contributed by atoms with E-state index in [9.17, 15) is 22.6 Å². The molecule has 5 nitrogen and oxygen atoms in total. The summed E-state index contributed by atoms with van der Waals surface area (Å²) in [7, 11) is -4.11. The third-order valence-corrected chi connectivity index (χ3v) is 12.9. The molecule has 4 rings (SSSR count). The molecule has 4 saturated carbocycles. The van der Waals surface area contributed by atoms with Crippen molar-refractivity contribution >= 4 is 32.6 Å². The first kappa shape index (κ1) is 24.2.